The highest BCUT2D eigenvalue weighted by Gasteiger charge is 2.12. The molecule has 2 amide bonds. The third-order valence-corrected chi connectivity index (χ3v) is 3.64. The summed E-state index contributed by atoms with van der Waals surface area (Å²) in [5.74, 6) is 1.07. The van der Waals surface area contributed by atoms with Crippen LogP contribution < -0.4 is 20.1 Å². The average Bonchev–Trinajstić information content (AvgIpc) is 2.66. The monoisotopic (exact) mass is 356 g/mol. The first-order valence-corrected chi connectivity index (χ1v) is 8.48. The van der Waals surface area contributed by atoms with Crippen molar-refractivity contribution in [2.75, 3.05) is 20.3 Å². The summed E-state index contributed by atoms with van der Waals surface area (Å²) in [6.07, 6.45) is 0.206. The van der Waals surface area contributed by atoms with Crippen LogP contribution in [0, 0.1) is 0 Å². The Labute approximate surface area is 153 Å². The van der Waals surface area contributed by atoms with Crippen molar-refractivity contribution in [2.24, 2.45) is 0 Å². The Morgan fingerprint density at radius 1 is 1.04 bits per heavy atom. The van der Waals surface area contributed by atoms with Gasteiger partial charge >= 0.3 is 0 Å². The molecule has 2 aromatic carbocycles. The van der Waals surface area contributed by atoms with Crippen molar-refractivity contribution in [2.45, 2.75) is 19.4 Å². The van der Waals surface area contributed by atoms with E-state index in [2.05, 4.69) is 10.6 Å². The van der Waals surface area contributed by atoms with Crippen LogP contribution in [-0.2, 0) is 4.79 Å². The predicted molar refractivity (Wildman–Crippen MR) is 99.5 cm³/mol. The summed E-state index contributed by atoms with van der Waals surface area (Å²) in [7, 11) is 1.59. The van der Waals surface area contributed by atoms with Crippen molar-refractivity contribution in [3.63, 3.8) is 0 Å². The first kappa shape index (κ1) is 19.3. The molecule has 0 aliphatic heterocycles. The molecule has 0 heterocycles. The normalized spacial score (nSPS) is 11.3. The zero-order chi connectivity index (χ0) is 18.8. The first-order chi connectivity index (χ1) is 12.6. The SMILES string of the molecule is COc1cccc(OCCNC(=O)CC(C)NC(=O)c2ccccc2)c1. The molecule has 0 aromatic heterocycles. The zero-order valence-electron chi connectivity index (χ0n) is 15.0. The molecule has 1 atom stereocenters. The fourth-order valence-electron chi connectivity index (χ4n) is 2.35. The van der Waals surface area contributed by atoms with Crippen molar-refractivity contribution in [3.8, 4) is 11.5 Å². The lowest BCUT2D eigenvalue weighted by atomic mass is 10.1. The van der Waals surface area contributed by atoms with Crippen molar-refractivity contribution in [3.05, 3.63) is 60.2 Å². The van der Waals surface area contributed by atoms with Gasteiger partial charge in [0.15, 0.2) is 0 Å². The molecule has 1 unspecified atom stereocenters. The molecule has 2 N–H and O–H groups in total. The second-order valence-electron chi connectivity index (χ2n) is 5.82. The maximum absolute atomic E-state index is 12.0. The maximum Gasteiger partial charge on any atom is 0.251 e. The minimum absolute atomic E-state index is 0.139. The van der Waals surface area contributed by atoms with Crippen molar-refractivity contribution < 1.29 is 19.1 Å². The number of benzene rings is 2. The van der Waals surface area contributed by atoms with Crippen LogP contribution in [0.4, 0.5) is 0 Å². The molecule has 2 aromatic rings. The highest BCUT2D eigenvalue weighted by atomic mass is 16.5. The lowest BCUT2D eigenvalue weighted by Crippen LogP contribution is -2.38. The zero-order valence-corrected chi connectivity index (χ0v) is 15.0. The minimum atomic E-state index is -0.262. The quantitative estimate of drug-likeness (QED) is 0.677. The van der Waals surface area contributed by atoms with Crippen LogP contribution in [0.25, 0.3) is 0 Å². The third-order valence-electron chi connectivity index (χ3n) is 3.64. The Bertz CT molecular complexity index is 719. The number of ether oxygens (including phenoxy) is 2. The summed E-state index contributed by atoms with van der Waals surface area (Å²) in [6, 6.07) is 15.9. The van der Waals surface area contributed by atoms with Crippen LogP contribution in [0.5, 0.6) is 11.5 Å². The maximum atomic E-state index is 12.0. The van der Waals surface area contributed by atoms with Gasteiger partial charge in [-0.05, 0) is 31.2 Å². The van der Waals surface area contributed by atoms with Crippen LogP contribution in [0.15, 0.2) is 54.6 Å². The molecule has 6 nitrogen and oxygen atoms in total. The molecule has 6 heteroatoms. The van der Waals surface area contributed by atoms with Crippen LogP contribution >= 0.6 is 0 Å². The molecule has 0 saturated carbocycles. The molecule has 0 saturated heterocycles. The second-order valence-corrected chi connectivity index (χ2v) is 5.82. The lowest BCUT2D eigenvalue weighted by Gasteiger charge is -2.14. The smallest absolute Gasteiger partial charge is 0.251 e. The Balaban J connectivity index is 1.65. The first-order valence-electron chi connectivity index (χ1n) is 8.48. The topological polar surface area (TPSA) is 76.7 Å². The third kappa shape index (κ3) is 6.47. The molecule has 26 heavy (non-hydrogen) atoms. The fourth-order valence-corrected chi connectivity index (χ4v) is 2.35. The van der Waals surface area contributed by atoms with Crippen molar-refractivity contribution >= 4 is 11.8 Å². The van der Waals surface area contributed by atoms with E-state index in [-0.39, 0.29) is 24.3 Å². The van der Waals surface area contributed by atoms with E-state index in [9.17, 15) is 9.59 Å². The summed E-state index contributed by atoms with van der Waals surface area (Å²) in [5.41, 5.74) is 0.575. The van der Waals surface area contributed by atoms with Gasteiger partial charge in [-0.25, -0.2) is 0 Å². The summed E-state index contributed by atoms with van der Waals surface area (Å²) in [4.78, 5) is 24.0. The van der Waals surface area contributed by atoms with Gasteiger partial charge in [0.25, 0.3) is 5.91 Å². The standard InChI is InChI=1S/C20H24N2O4/c1-15(22-20(24)16-7-4-3-5-8-16)13-19(23)21-11-12-26-18-10-6-9-17(14-18)25-2/h3-10,14-15H,11-13H2,1-2H3,(H,21,23)(H,22,24). The molecule has 138 valence electrons. The number of carbonyl (C=O) groups excluding carboxylic acids is 2. The molecule has 0 spiro atoms. The molecule has 0 aliphatic rings. The Kier molecular flexibility index (Phi) is 7.49. The van der Waals surface area contributed by atoms with Gasteiger partial charge in [-0.15, -0.1) is 0 Å². The van der Waals surface area contributed by atoms with E-state index in [0.29, 0.717) is 24.5 Å². The van der Waals surface area contributed by atoms with Gasteiger partial charge in [-0.1, -0.05) is 24.3 Å². The number of carbonyl (C=O) groups is 2. The predicted octanol–water partition coefficient (Wildman–Crippen LogP) is 2.40. The summed E-state index contributed by atoms with van der Waals surface area (Å²) < 4.78 is 10.7. The van der Waals surface area contributed by atoms with Crippen molar-refractivity contribution in [1.29, 1.82) is 0 Å². The molecular weight excluding hydrogens is 332 g/mol. The van der Waals surface area contributed by atoms with E-state index in [1.165, 1.54) is 0 Å². The molecule has 0 bridgehead atoms. The average molecular weight is 356 g/mol. The molecule has 0 fully saturated rings. The number of rotatable bonds is 9. The lowest BCUT2D eigenvalue weighted by molar-refractivity contribution is -0.121. The van der Waals surface area contributed by atoms with E-state index >= 15 is 0 Å². The van der Waals surface area contributed by atoms with Gasteiger partial charge in [0, 0.05) is 24.1 Å². The van der Waals surface area contributed by atoms with Crippen LogP contribution in [0.3, 0.4) is 0 Å². The molecule has 0 aliphatic carbocycles. The van der Waals surface area contributed by atoms with E-state index in [1.54, 1.807) is 44.4 Å². The molecule has 0 radical (unpaired) electrons. The Morgan fingerprint density at radius 3 is 2.50 bits per heavy atom. The number of nitrogens with one attached hydrogen (secondary N) is 2. The number of hydrogen-bond acceptors (Lipinski definition) is 4. The van der Waals surface area contributed by atoms with Gasteiger partial charge in [-0.3, -0.25) is 9.59 Å². The second kappa shape index (κ2) is 10.1. The van der Waals surface area contributed by atoms with Crippen LogP contribution in [-0.4, -0.2) is 38.1 Å². The largest absolute Gasteiger partial charge is 0.497 e. The number of methoxy groups -OCH3 is 1. The highest BCUT2D eigenvalue weighted by molar-refractivity contribution is 5.94. The Hall–Kier alpha value is -3.02. The van der Waals surface area contributed by atoms with Crippen LogP contribution in [0.2, 0.25) is 0 Å². The van der Waals surface area contributed by atoms with Gasteiger partial charge in [0.05, 0.1) is 13.7 Å². The van der Waals surface area contributed by atoms with E-state index in [4.69, 9.17) is 9.47 Å². The summed E-state index contributed by atoms with van der Waals surface area (Å²) in [6.45, 7) is 2.53. The fraction of sp³-hybridized carbons (Fsp3) is 0.300. The van der Waals surface area contributed by atoms with Crippen LogP contribution in [0.1, 0.15) is 23.7 Å². The summed E-state index contributed by atoms with van der Waals surface area (Å²) >= 11 is 0. The van der Waals surface area contributed by atoms with Gasteiger partial charge in [0.1, 0.15) is 18.1 Å². The van der Waals surface area contributed by atoms with E-state index < -0.39 is 0 Å². The highest BCUT2D eigenvalue weighted by Crippen LogP contribution is 2.18. The van der Waals surface area contributed by atoms with Gasteiger partial charge < -0.3 is 20.1 Å². The van der Waals surface area contributed by atoms with Gasteiger partial charge in [0.2, 0.25) is 5.91 Å². The number of amides is 2. The van der Waals surface area contributed by atoms with Crippen molar-refractivity contribution in [1.82, 2.24) is 10.6 Å². The molecular formula is C20H24N2O4. The van der Waals surface area contributed by atoms with E-state index in [0.717, 1.165) is 5.75 Å². The Morgan fingerprint density at radius 2 is 1.77 bits per heavy atom. The number of hydrogen-bond donors (Lipinski definition) is 2. The minimum Gasteiger partial charge on any atom is -0.497 e. The summed E-state index contributed by atoms with van der Waals surface area (Å²) in [5, 5.41) is 5.59. The van der Waals surface area contributed by atoms with Gasteiger partial charge in [-0.2, -0.15) is 0 Å². The van der Waals surface area contributed by atoms with E-state index in [1.807, 2.05) is 24.3 Å². The molecule has 2 rings (SSSR count).